The Morgan fingerprint density at radius 2 is 1.30 bits per heavy atom. The Balaban J connectivity index is 2.01. The number of carboxylic acid groups (broad SMARTS) is 2. The van der Waals surface area contributed by atoms with Crippen molar-refractivity contribution in [2.75, 3.05) is 13.1 Å². The topological polar surface area (TPSA) is 115 Å². The van der Waals surface area contributed by atoms with Crippen LogP contribution >= 0.6 is 0 Å². The predicted octanol–water partition coefficient (Wildman–Crippen LogP) is -1.70. The van der Waals surface area contributed by atoms with Crippen LogP contribution in [0.1, 0.15) is 0 Å². The van der Waals surface area contributed by atoms with Gasteiger partial charge < -0.3 is 29.6 Å². The van der Waals surface area contributed by atoms with Gasteiger partial charge in [-0.05, 0) is 0 Å². The Labute approximate surface area is 113 Å². The van der Waals surface area contributed by atoms with E-state index in [0.29, 0.717) is 0 Å². The number of nitrogens with zero attached hydrogens (tertiary/aromatic N) is 2. The second-order valence-corrected chi connectivity index (χ2v) is 4.17. The molecule has 2 amide bonds. The summed E-state index contributed by atoms with van der Waals surface area (Å²) in [5.41, 5.74) is 0. The van der Waals surface area contributed by atoms with Crippen molar-refractivity contribution in [1.82, 2.24) is 9.80 Å². The van der Waals surface area contributed by atoms with Crippen LogP contribution < -0.4 is 0 Å². The summed E-state index contributed by atoms with van der Waals surface area (Å²) < 4.78 is 0. The van der Waals surface area contributed by atoms with Gasteiger partial charge in [-0.2, -0.15) is 12.2 Å². The summed E-state index contributed by atoms with van der Waals surface area (Å²) in [6.07, 6.45) is 6.81. The molecule has 0 aromatic heterocycles. The quantitative estimate of drug-likeness (QED) is 0.579. The van der Waals surface area contributed by atoms with Crippen molar-refractivity contribution in [1.29, 1.82) is 0 Å². The number of amides is 2. The van der Waals surface area contributed by atoms with Crippen LogP contribution in [-0.2, 0) is 19.2 Å². The van der Waals surface area contributed by atoms with Crippen molar-refractivity contribution in [3.63, 3.8) is 0 Å². The van der Waals surface area contributed by atoms with Gasteiger partial charge >= 0.3 is 11.9 Å². The van der Waals surface area contributed by atoms with Gasteiger partial charge in [0.25, 0.3) is 0 Å². The van der Waals surface area contributed by atoms with Crippen LogP contribution in [0.3, 0.4) is 0 Å². The van der Waals surface area contributed by atoms with E-state index in [1.165, 1.54) is 0 Å². The molecule has 0 aliphatic carbocycles. The molecule has 8 nitrogen and oxygen atoms in total. The fraction of sp³-hybridized carbons (Fsp3) is 0.333. The van der Waals surface area contributed by atoms with Crippen LogP contribution in [0.2, 0.25) is 0 Å². The van der Waals surface area contributed by atoms with Crippen LogP contribution in [0, 0.1) is 12.2 Å². The summed E-state index contributed by atoms with van der Waals surface area (Å²) in [4.78, 5) is 46.8. The normalized spacial score (nSPS) is 24.8. The maximum absolute atomic E-state index is 11.5. The molecule has 0 aromatic rings. The first kappa shape index (κ1) is 13.8. The van der Waals surface area contributed by atoms with E-state index in [-0.39, 0.29) is 13.1 Å². The van der Waals surface area contributed by atoms with E-state index >= 15 is 0 Å². The zero-order valence-corrected chi connectivity index (χ0v) is 10.1. The first-order valence-corrected chi connectivity index (χ1v) is 5.67. The number of carboxylic acids is 2. The Morgan fingerprint density at radius 3 is 1.60 bits per heavy atom. The number of hydrogen-bond donors (Lipinski definition) is 2. The van der Waals surface area contributed by atoms with Gasteiger partial charge in [-0.25, -0.2) is 12.2 Å². The van der Waals surface area contributed by atoms with E-state index in [0.717, 1.165) is 22.0 Å². The fourth-order valence-electron chi connectivity index (χ4n) is 2.00. The van der Waals surface area contributed by atoms with Crippen molar-refractivity contribution < 1.29 is 29.4 Å². The smallest absolute Gasteiger partial charge is 0.310 e. The Kier molecular flexibility index (Phi) is 3.55. The first-order chi connectivity index (χ1) is 9.41. The number of aliphatic carboxylic acids is 2. The van der Waals surface area contributed by atoms with Crippen LogP contribution in [0.5, 0.6) is 0 Å². The molecular formula is C12H10N2O6-2. The molecule has 2 atom stereocenters. The standard InChI is InChI=1S/C12H10N2O6/c15-9-3-1-7(11(17)18)13(9)5-6-14-8(12(19)20)2-4-10(14)16/h3-4,7-8H,5-6H2,(H,17,18)(H,19,20)/q-2. The highest BCUT2D eigenvalue weighted by Crippen LogP contribution is 2.14. The van der Waals surface area contributed by atoms with E-state index in [4.69, 9.17) is 10.2 Å². The van der Waals surface area contributed by atoms with Gasteiger partial charge in [0.15, 0.2) is 0 Å². The molecule has 0 spiro atoms. The minimum absolute atomic E-state index is 0.0929. The largest absolute Gasteiger partial charge is 0.481 e. The molecule has 2 aliphatic rings. The molecule has 106 valence electrons. The van der Waals surface area contributed by atoms with Gasteiger partial charge in [-0.15, -0.1) is 0 Å². The molecule has 0 fully saturated rings. The van der Waals surface area contributed by atoms with Crippen LogP contribution in [0.25, 0.3) is 0 Å². The summed E-state index contributed by atoms with van der Waals surface area (Å²) in [6.45, 7) is -0.186. The van der Waals surface area contributed by atoms with Gasteiger partial charge in [0.2, 0.25) is 0 Å². The minimum atomic E-state index is -1.24. The van der Waals surface area contributed by atoms with Gasteiger partial charge in [-0.3, -0.25) is 9.59 Å². The number of hydrogen-bond acceptors (Lipinski definition) is 4. The Bertz CT molecular complexity index is 490. The van der Waals surface area contributed by atoms with Gasteiger partial charge in [0.05, 0.1) is 23.9 Å². The lowest BCUT2D eigenvalue weighted by atomic mass is 10.2. The van der Waals surface area contributed by atoms with E-state index in [1.807, 2.05) is 0 Å². The molecule has 2 unspecified atom stereocenters. The summed E-state index contributed by atoms with van der Waals surface area (Å²) in [5, 5.41) is 17.8. The first-order valence-electron chi connectivity index (χ1n) is 5.67. The highest BCUT2D eigenvalue weighted by molar-refractivity contribution is 5.96. The average molecular weight is 278 g/mol. The lowest BCUT2D eigenvalue weighted by Gasteiger charge is -2.35. The lowest BCUT2D eigenvalue weighted by molar-refractivity contribution is -0.147. The van der Waals surface area contributed by atoms with E-state index in [2.05, 4.69) is 12.2 Å². The van der Waals surface area contributed by atoms with Crippen molar-refractivity contribution in [2.24, 2.45) is 0 Å². The Morgan fingerprint density at radius 1 is 0.950 bits per heavy atom. The van der Waals surface area contributed by atoms with Crippen molar-refractivity contribution in [2.45, 2.75) is 12.1 Å². The fourth-order valence-corrected chi connectivity index (χ4v) is 2.00. The lowest BCUT2D eigenvalue weighted by Crippen LogP contribution is -2.47. The number of carbonyl (C=O) groups excluding carboxylic acids is 2. The summed E-state index contributed by atoms with van der Waals surface area (Å²) in [6, 6.07) is -2.42. The van der Waals surface area contributed by atoms with Crippen molar-refractivity contribution >= 4 is 23.8 Å². The van der Waals surface area contributed by atoms with E-state index in [1.54, 1.807) is 0 Å². The maximum Gasteiger partial charge on any atom is 0.310 e. The maximum atomic E-state index is 11.5. The van der Waals surface area contributed by atoms with E-state index in [9.17, 15) is 19.2 Å². The summed E-state index contributed by atoms with van der Waals surface area (Å²) in [5.74, 6) is -3.54. The number of rotatable bonds is 5. The molecule has 20 heavy (non-hydrogen) atoms. The zero-order chi connectivity index (χ0) is 14.9. The molecule has 2 heterocycles. The highest BCUT2D eigenvalue weighted by atomic mass is 16.4. The van der Waals surface area contributed by atoms with Gasteiger partial charge in [-0.1, -0.05) is 0 Å². The molecule has 0 radical (unpaired) electrons. The molecule has 0 saturated carbocycles. The third-order valence-corrected chi connectivity index (χ3v) is 2.97. The third kappa shape index (κ3) is 2.40. The van der Waals surface area contributed by atoms with Gasteiger partial charge in [0.1, 0.15) is 0 Å². The molecule has 0 aromatic carbocycles. The molecule has 0 saturated heterocycles. The summed E-state index contributed by atoms with van der Waals surface area (Å²) in [7, 11) is 0. The Hall–Kier alpha value is -2.64. The van der Waals surface area contributed by atoms with Crippen molar-refractivity contribution in [3.8, 4) is 0 Å². The second kappa shape index (κ2) is 5.16. The minimum Gasteiger partial charge on any atom is -0.481 e. The third-order valence-electron chi connectivity index (χ3n) is 2.97. The molecule has 2 N–H and O–H groups in total. The molecule has 2 rings (SSSR count). The molecule has 2 aliphatic heterocycles. The molecule has 0 bridgehead atoms. The summed E-state index contributed by atoms with van der Waals surface area (Å²) >= 11 is 0. The van der Waals surface area contributed by atoms with E-state index < -0.39 is 35.8 Å². The highest BCUT2D eigenvalue weighted by Gasteiger charge is 2.25. The van der Waals surface area contributed by atoms with Crippen molar-refractivity contribution in [3.05, 3.63) is 24.3 Å². The molecular weight excluding hydrogens is 268 g/mol. The molecule has 8 heteroatoms. The van der Waals surface area contributed by atoms with Crippen LogP contribution in [-0.4, -0.2) is 68.9 Å². The van der Waals surface area contributed by atoms with Gasteiger partial charge in [0, 0.05) is 13.1 Å². The number of carbonyl (C=O) groups is 4. The SMILES string of the molecule is O=C(O)C1[C-]=CC(=O)N1CCN1C(=O)C=[C-]C1C(=O)O. The second-order valence-electron chi connectivity index (χ2n) is 4.17. The monoisotopic (exact) mass is 278 g/mol. The predicted molar refractivity (Wildman–Crippen MR) is 61.9 cm³/mol. The average Bonchev–Trinajstić information content (AvgIpc) is 2.90. The van der Waals surface area contributed by atoms with Crippen LogP contribution in [0.15, 0.2) is 12.2 Å². The zero-order valence-electron chi connectivity index (χ0n) is 10.1. The van der Waals surface area contributed by atoms with Crippen LogP contribution in [0.4, 0.5) is 0 Å².